The first-order valence-corrected chi connectivity index (χ1v) is 12.4. The van der Waals surface area contributed by atoms with E-state index in [1.807, 2.05) is 43.3 Å². The number of amides is 4. The normalized spacial score (nSPS) is 22.5. The molecule has 4 amide bonds. The number of hydrogen-bond donors (Lipinski definition) is 1. The summed E-state index contributed by atoms with van der Waals surface area (Å²) in [4.78, 5) is 42.6. The zero-order valence-electron chi connectivity index (χ0n) is 20.6. The molecule has 3 aliphatic heterocycles. The van der Waals surface area contributed by atoms with Crippen molar-refractivity contribution in [2.75, 3.05) is 19.9 Å². The predicted molar refractivity (Wildman–Crippen MR) is 131 cm³/mol. The zero-order chi connectivity index (χ0) is 25.3. The van der Waals surface area contributed by atoms with Crippen molar-refractivity contribution in [1.82, 2.24) is 15.1 Å². The van der Waals surface area contributed by atoms with E-state index in [4.69, 9.17) is 14.2 Å². The van der Waals surface area contributed by atoms with E-state index in [1.54, 1.807) is 24.0 Å². The number of urea groups is 1. The lowest BCUT2D eigenvalue weighted by atomic mass is 9.75. The van der Waals surface area contributed by atoms with Gasteiger partial charge in [0.2, 0.25) is 6.79 Å². The number of carbonyl (C=O) groups excluding carboxylic acids is 3. The van der Waals surface area contributed by atoms with Gasteiger partial charge in [-0.2, -0.15) is 0 Å². The number of nitrogens with one attached hydrogen (secondary N) is 1. The van der Waals surface area contributed by atoms with Gasteiger partial charge in [0.1, 0.15) is 11.3 Å². The Hall–Kier alpha value is -3.75. The zero-order valence-corrected chi connectivity index (χ0v) is 20.6. The summed E-state index contributed by atoms with van der Waals surface area (Å²) in [7, 11) is 0. The van der Waals surface area contributed by atoms with Gasteiger partial charge in [-0.05, 0) is 61.9 Å². The molecule has 2 fully saturated rings. The minimum Gasteiger partial charge on any atom is -0.481 e. The fourth-order valence-electron chi connectivity index (χ4n) is 5.42. The molecule has 9 heteroatoms. The number of fused-ring (bicyclic) bond motifs is 1. The highest BCUT2D eigenvalue weighted by atomic mass is 16.7. The number of likely N-dealkylation sites (tertiary alicyclic amines) is 1. The third-order valence-electron chi connectivity index (χ3n) is 7.44. The Morgan fingerprint density at radius 1 is 1.11 bits per heavy atom. The quantitative estimate of drug-likeness (QED) is 0.595. The SMILES string of the molecule is CCC1(C2CCN(C(=O)C(C)Oc3ccccc3)CC2)NC(=O)N(Cc2ccc3c(c2)OCO3)C1=O. The van der Waals surface area contributed by atoms with Crippen LogP contribution in [0.25, 0.3) is 0 Å². The topological polar surface area (TPSA) is 97.4 Å². The van der Waals surface area contributed by atoms with Crippen LogP contribution >= 0.6 is 0 Å². The highest BCUT2D eigenvalue weighted by Crippen LogP contribution is 2.38. The molecule has 3 heterocycles. The van der Waals surface area contributed by atoms with E-state index in [2.05, 4.69) is 5.32 Å². The average molecular weight is 494 g/mol. The third kappa shape index (κ3) is 4.34. The minimum absolute atomic E-state index is 0.0601. The molecule has 2 aromatic rings. The molecular weight excluding hydrogens is 462 g/mol. The third-order valence-corrected chi connectivity index (χ3v) is 7.44. The molecule has 0 aliphatic carbocycles. The van der Waals surface area contributed by atoms with Gasteiger partial charge in [0.05, 0.1) is 6.54 Å². The van der Waals surface area contributed by atoms with Gasteiger partial charge in [0.15, 0.2) is 17.6 Å². The molecule has 0 aromatic heterocycles. The molecule has 2 aromatic carbocycles. The molecule has 1 N–H and O–H groups in total. The van der Waals surface area contributed by atoms with Crippen LogP contribution in [0.2, 0.25) is 0 Å². The van der Waals surface area contributed by atoms with Gasteiger partial charge in [0, 0.05) is 13.1 Å². The average Bonchev–Trinajstić information content (AvgIpc) is 3.47. The standard InChI is InChI=1S/C27H31N3O6/c1-3-27(20-11-13-29(14-12-20)24(31)18(2)36-21-7-5-4-6-8-21)25(32)30(26(33)28-27)16-19-9-10-22-23(15-19)35-17-34-22/h4-10,15,18,20H,3,11-14,16-17H2,1-2H3,(H,28,33). The summed E-state index contributed by atoms with van der Waals surface area (Å²) in [6, 6.07) is 14.3. The Kier molecular flexibility index (Phi) is 6.47. The van der Waals surface area contributed by atoms with Crippen molar-refractivity contribution in [3.05, 3.63) is 54.1 Å². The van der Waals surface area contributed by atoms with Crippen molar-refractivity contribution in [3.8, 4) is 17.2 Å². The van der Waals surface area contributed by atoms with E-state index in [-0.39, 0.29) is 37.1 Å². The van der Waals surface area contributed by atoms with Gasteiger partial charge in [0.25, 0.3) is 11.8 Å². The van der Waals surface area contributed by atoms with Gasteiger partial charge in [-0.15, -0.1) is 0 Å². The van der Waals surface area contributed by atoms with Crippen LogP contribution in [-0.4, -0.2) is 59.2 Å². The van der Waals surface area contributed by atoms with Crippen LogP contribution in [0.4, 0.5) is 4.79 Å². The number of ether oxygens (including phenoxy) is 3. The molecule has 2 saturated heterocycles. The second kappa shape index (κ2) is 9.72. The Balaban J connectivity index is 1.22. The number of benzene rings is 2. The summed E-state index contributed by atoms with van der Waals surface area (Å²) in [5, 5.41) is 3.01. The lowest BCUT2D eigenvalue weighted by Crippen LogP contribution is -2.56. The van der Waals surface area contributed by atoms with Crippen LogP contribution in [0.1, 0.15) is 38.7 Å². The fraction of sp³-hybridized carbons (Fsp3) is 0.444. The highest BCUT2D eigenvalue weighted by molar-refractivity contribution is 6.07. The van der Waals surface area contributed by atoms with Gasteiger partial charge >= 0.3 is 6.03 Å². The summed E-state index contributed by atoms with van der Waals surface area (Å²) in [6.07, 6.45) is 1.14. The van der Waals surface area contributed by atoms with Crippen molar-refractivity contribution in [1.29, 1.82) is 0 Å². The van der Waals surface area contributed by atoms with Crippen LogP contribution in [-0.2, 0) is 16.1 Å². The number of hydrogen-bond acceptors (Lipinski definition) is 6. The first kappa shape index (κ1) is 24.0. The van der Waals surface area contributed by atoms with Crippen molar-refractivity contribution in [2.24, 2.45) is 5.92 Å². The Labute approximate surface area is 210 Å². The molecule has 190 valence electrons. The maximum Gasteiger partial charge on any atom is 0.325 e. The summed E-state index contributed by atoms with van der Waals surface area (Å²) in [5.74, 6) is 1.58. The maximum absolute atomic E-state index is 13.6. The van der Waals surface area contributed by atoms with E-state index < -0.39 is 11.6 Å². The van der Waals surface area contributed by atoms with Crippen LogP contribution in [0.3, 0.4) is 0 Å². The molecule has 36 heavy (non-hydrogen) atoms. The van der Waals surface area contributed by atoms with Gasteiger partial charge < -0.3 is 24.4 Å². The van der Waals surface area contributed by atoms with Crippen LogP contribution in [0.5, 0.6) is 17.2 Å². The van der Waals surface area contributed by atoms with Crippen molar-refractivity contribution >= 4 is 17.8 Å². The first-order chi connectivity index (χ1) is 17.4. The minimum atomic E-state index is -0.964. The molecule has 2 unspecified atom stereocenters. The number of carbonyl (C=O) groups is 3. The first-order valence-electron chi connectivity index (χ1n) is 12.4. The van der Waals surface area contributed by atoms with Crippen LogP contribution < -0.4 is 19.5 Å². The Morgan fingerprint density at radius 2 is 1.83 bits per heavy atom. The summed E-state index contributed by atoms with van der Waals surface area (Å²) < 4.78 is 16.6. The van der Waals surface area contributed by atoms with Gasteiger partial charge in [-0.1, -0.05) is 31.2 Å². The van der Waals surface area contributed by atoms with Crippen LogP contribution in [0.15, 0.2) is 48.5 Å². The number of imide groups is 1. The van der Waals surface area contributed by atoms with Crippen molar-refractivity contribution in [2.45, 2.75) is 51.3 Å². The molecule has 0 spiro atoms. The molecular formula is C27H31N3O6. The monoisotopic (exact) mass is 493 g/mol. The number of para-hydroxylation sites is 1. The second-order valence-corrected chi connectivity index (χ2v) is 9.51. The maximum atomic E-state index is 13.6. The number of rotatable bonds is 7. The predicted octanol–water partition coefficient (Wildman–Crippen LogP) is 3.32. The number of piperidine rings is 1. The second-order valence-electron chi connectivity index (χ2n) is 9.51. The van der Waals surface area contributed by atoms with Crippen molar-refractivity contribution < 1.29 is 28.6 Å². The van der Waals surface area contributed by atoms with E-state index in [1.165, 1.54) is 4.90 Å². The van der Waals surface area contributed by atoms with E-state index in [0.29, 0.717) is 49.6 Å². The molecule has 0 bridgehead atoms. The van der Waals surface area contributed by atoms with Crippen molar-refractivity contribution in [3.63, 3.8) is 0 Å². The van der Waals surface area contributed by atoms with Gasteiger partial charge in [-0.3, -0.25) is 14.5 Å². The Morgan fingerprint density at radius 3 is 2.56 bits per heavy atom. The Bertz CT molecular complexity index is 1150. The number of nitrogens with zero attached hydrogens (tertiary/aromatic N) is 2. The van der Waals surface area contributed by atoms with Gasteiger partial charge in [-0.25, -0.2) is 4.79 Å². The molecule has 5 rings (SSSR count). The largest absolute Gasteiger partial charge is 0.481 e. The molecule has 9 nitrogen and oxygen atoms in total. The lowest BCUT2D eigenvalue weighted by molar-refractivity contribution is -0.140. The molecule has 0 saturated carbocycles. The summed E-state index contributed by atoms with van der Waals surface area (Å²) in [6.45, 7) is 5.03. The summed E-state index contributed by atoms with van der Waals surface area (Å²) >= 11 is 0. The fourth-order valence-corrected chi connectivity index (χ4v) is 5.42. The van der Waals surface area contributed by atoms with Crippen LogP contribution in [0, 0.1) is 5.92 Å². The summed E-state index contributed by atoms with van der Waals surface area (Å²) in [5.41, 5.74) is -0.170. The van der Waals surface area contributed by atoms with E-state index in [0.717, 1.165) is 5.56 Å². The molecule has 2 atom stereocenters. The molecule has 3 aliphatic rings. The molecule has 0 radical (unpaired) electrons. The highest BCUT2D eigenvalue weighted by Gasteiger charge is 2.55. The van der Waals surface area contributed by atoms with E-state index in [9.17, 15) is 14.4 Å². The lowest BCUT2D eigenvalue weighted by Gasteiger charge is -2.41. The van der Waals surface area contributed by atoms with E-state index >= 15 is 0 Å². The smallest absolute Gasteiger partial charge is 0.325 e.